The van der Waals surface area contributed by atoms with Crippen LogP contribution in [0.5, 0.6) is 0 Å². The van der Waals surface area contributed by atoms with Gasteiger partial charge in [-0.15, -0.1) is 0 Å². The highest BCUT2D eigenvalue weighted by atomic mass is 19.4. The van der Waals surface area contributed by atoms with Crippen molar-refractivity contribution >= 4 is 43.6 Å². The molecule has 0 radical (unpaired) electrons. The Labute approximate surface area is 340 Å². The van der Waals surface area contributed by atoms with E-state index in [2.05, 4.69) is 0 Å². The second-order valence-corrected chi connectivity index (χ2v) is 14.4. The fraction of sp³-hybridized carbons (Fsp3) is 0.163. The lowest BCUT2D eigenvalue weighted by atomic mass is 9.73. The van der Waals surface area contributed by atoms with Crippen LogP contribution in [0.3, 0.4) is 0 Å². The summed E-state index contributed by atoms with van der Waals surface area (Å²) in [5.74, 6) is 0. The molecule has 0 N–H and O–H groups in total. The molecule has 6 aromatic carbocycles. The van der Waals surface area contributed by atoms with Crippen LogP contribution in [0.25, 0.3) is 55.0 Å². The first-order valence-electron chi connectivity index (χ1n) is 17.8. The fourth-order valence-electron chi connectivity index (χ4n) is 8.01. The third-order valence-electron chi connectivity index (χ3n) is 10.8. The smallest absolute Gasteiger partial charge is 0.309 e. The SMILES string of the molecule is FC(F)(F)c1ccc2c(c1)c1cc(C(F)(F)F)ccc1n2-c1ccc(C(c2ccc(-n3c4ccc(C(F)(F)F)cc4c4cc(C(F)(F)F)ccc43)cc2)(C(F)(F)F)C(F)(F)F)cc1. The lowest BCUT2D eigenvalue weighted by molar-refractivity contribution is -0.288. The highest BCUT2D eigenvalue weighted by Gasteiger charge is 2.72. The van der Waals surface area contributed by atoms with Crippen LogP contribution in [0.1, 0.15) is 33.4 Å². The van der Waals surface area contributed by atoms with E-state index in [-0.39, 0.29) is 55.0 Å². The zero-order chi connectivity index (χ0) is 46.0. The molecule has 0 bridgehead atoms. The molecule has 2 heterocycles. The van der Waals surface area contributed by atoms with Crippen molar-refractivity contribution in [2.24, 2.45) is 0 Å². The number of fused-ring (bicyclic) bond motifs is 6. The van der Waals surface area contributed by atoms with Crippen LogP contribution in [0, 0.1) is 0 Å². The maximum absolute atomic E-state index is 15.3. The zero-order valence-electron chi connectivity index (χ0n) is 30.7. The summed E-state index contributed by atoms with van der Waals surface area (Å²) in [4.78, 5) is 0. The highest BCUT2D eigenvalue weighted by Crippen LogP contribution is 2.56. The van der Waals surface area contributed by atoms with Crippen LogP contribution in [0.15, 0.2) is 121 Å². The van der Waals surface area contributed by atoms with Crippen LogP contribution in [0.2, 0.25) is 0 Å². The molecule has 0 saturated carbocycles. The Kier molecular flexibility index (Phi) is 9.51. The van der Waals surface area contributed by atoms with Gasteiger partial charge in [0.15, 0.2) is 0 Å². The molecule has 0 unspecified atom stereocenters. The monoisotopic (exact) mass is 906 g/mol. The molecule has 20 heteroatoms. The van der Waals surface area contributed by atoms with Gasteiger partial charge < -0.3 is 9.13 Å². The highest BCUT2D eigenvalue weighted by molar-refractivity contribution is 6.11. The van der Waals surface area contributed by atoms with Gasteiger partial charge in [-0.3, -0.25) is 0 Å². The van der Waals surface area contributed by atoms with Gasteiger partial charge in [0.05, 0.1) is 44.3 Å². The molecule has 0 fully saturated rings. The van der Waals surface area contributed by atoms with E-state index >= 15 is 26.3 Å². The summed E-state index contributed by atoms with van der Waals surface area (Å²) in [7, 11) is 0. The minimum absolute atomic E-state index is 0.173. The molecular weight excluding hydrogens is 886 g/mol. The Morgan fingerprint density at radius 2 is 0.460 bits per heavy atom. The van der Waals surface area contributed by atoms with Crippen molar-refractivity contribution < 1.29 is 79.0 Å². The first-order chi connectivity index (χ1) is 29.0. The fourth-order valence-corrected chi connectivity index (χ4v) is 8.01. The third-order valence-corrected chi connectivity index (χ3v) is 10.8. The summed E-state index contributed by atoms with van der Waals surface area (Å²) in [6.07, 6.45) is -32.1. The molecule has 0 atom stereocenters. The van der Waals surface area contributed by atoms with Gasteiger partial charge in [-0.25, -0.2) is 0 Å². The van der Waals surface area contributed by atoms with Gasteiger partial charge >= 0.3 is 37.1 Å². The second-order valence-electron chi connectivity index (χ2n) is 14.4. The van der Waals surface area contributed by atoms with E-state index in [0.717, 1.165) is 57.7 Å². The van der Waals surface area contributed by atoms with Gasteiger partial charge in [0, 0.05) is 32.9 Å². The Hall–Kier alpha value is -6.34. The Bertz CT molecular complexity index is 2710. The predicted octanol–water partition coefficient (Wildman–Crippen LogP) is 15.4. The summed E-state index contributed by atoms with van der Waals surface area (Å²) in [6.45, 7) is 0. The molecule has 0 saturated heterocycles. The lowest BCUT2D eigenvalue weighted by Crippen LogP contribution is -2.54. The molecule has 0 spiro atoms. The number of nitrogens with zero attached hydrogens (tertiary/aromatic N) is 2. The quantitative estimate of drug-likeness (QED) is 0.156. The van der Waals surface area contributed by atoms with E-state index in [0.29, 0.717) is 72.8 Å². The average molecular weight is 907 g/mol. The van der Waals surface area contributed by atoms with Crippen LogP contribution in [-0.4, -0.2) is 21.5 Å². The van der Waals surface area contributed by atoms with E-state index in [1.54, 1.807) is 0 Å². The van der Waals surface area contributed by atoms with Crippen molar-refractivity contribution in [3.8, 4) is 11.4 Å². The van der Waals surface area contributed by atoms with Gasteiger partial charge in [-0.2, -0.15) is 79.0 Å². The first-order valence-corrected chi connectivity index (χ1v) is 17.8. The number of hydrogen-bond acceptors (Lipinski definition) is 0. The van der Waals surface area contributed by atoms with Gasteiger partial charge in [0.2, 0.25) is 5.41 Å². The van der Waals surface area contributed by atoms with Crippen LogP contribution in [-0.2, 0) is 30.1 Å². The standard InChI is InChI=1S/C43H20F18N2/c44-38(45,46)23-5-13-33-29(17-23)30-18-24(39(47,48)49)6-14-34(30)62(33)27-9-1-21(2-10-27)37(42(56,57)58,43(59,60)61)22-3-11-28(12-4-22)63-35-15-7-25(40(50,51)52)19-31(35)32-20-26(41(53,54)55)8-16-36(32)63/h1-20H. The van der Waals surface area contributed by atoms with Gasteiger partial charge in [-0.1, -0.05) is 24.3 Å². The van der Waals surface area contributed by atoms with Crippen LogP contribution >= 0.6 is 0 Å². The molecule has 8 aromatic rings. The molecular formula is C43H20F18N2. The summed E-state index contributed by atoms with van der Waals surface area (Å²) in [5, 5.41) is -1.44. The zero-order valence-corrected chi connectivity index (χ0v) is 30.7. The van der Waals surface area contributed by atoms with Crippen molar-refractivity contribution in [3.63, 3.8) is 0 Å². The van der Waals surface area contributed by atoms with E-state index in [1.165, 1.54) is 0 Å². The van der Waals surface area contributed by atoms with Crippen LogP contribution < -0.4 is 0 Å². The summed E-state index contributed by atoms with van der Waals surface area (Å²) < 4.78 is 258. The van der Waals surface area contributed by atoms with Crippen molar-refractivity contribution in [2.75, 3.05) is 0 Å². The summed E-state index contributed by atoms with van der Waals surface area (Å²) in [6, 6.07) is 13.0. The number of alkyl halides is 18. The summed E-state index contributed by atoms with van der Waals surface area (Å²) in [5.41, 5.74) is -13.9. The molecule has 8 rings (SSSR count). The molecule has 328 valence electrons. The normalized spacial score (nSPS) is 13.9. The van der Waals surface area contributed by atoms with E-state index in [9.17, 15) is 52.7 Å². The molecule has 63 heavy (non-hydrogen) atoms. The Balaban J connectivity index is 1.29. The molecule has 0 aliphatic carbocycles. The van der Waals surface area contributed by atoms with Crippen molar-refractivity contribution in [2.45, 2.75) is 42.5 Å². The third kappa shape index (κ3) is 6.97. The topological polar surface area (TPSA) is 9.86 Å². The number of hydrogen-bond donors (Lipinski definition) is 0. The van der Waals surface area contributed by atoms with Crippen molar-refractivity contribution in [3.05, 3.63) is 155 Å². The van der Waals surface area contributed by atoms with Crippen molar-refractivity contribution in [1.29, 1.82) is 0 Å². The molecule has 2 aromatic heterocycles. The number of benzene rings is 6. The molecule has 0 aliphatic heterocycles. The number of halogens is 18. The van der Waals surface area contributed by atoms with Crippen LogP contribution in [0.4, 0.5) is 79.0 Å². The Morgan fingerprint density at radius 1 is 0.254 bits per heavy atom. The lowest BCUT2D eigenvalue weighted by Gasteiger charge is -2.38. The molecule has 0 amide bonds. The van der Waals surface area contributed by atoms with E-state index in [1.807, 2.05) is 0 Å². The molecule has 2 nitrogen and oxygen atoms in total. The van der Waals surface area contributed by atoms with Crippen molar-refractivity contribution in [1.82, 2.24) is 9.13 Å². The minimum Gasteiger partial charge on any atom is -0.309 e. The van der Waals surface area contributed by atoms with Gasteiger partial charge in [0.25, 0.3) is 0 Å². The van der Waals surface area contributed by atoms with Gasteiger partial charge in [0.1, 0.15) is 0 Å². The summed E-state index contributed by atoms with van der Waals surface area (Å²) >= 11 is 0. The maximum Gasteiger partial charge on any atom is 0.416 e. The minimum atomic E-state index is -6.17. The largest absolute Gasteiger partial charge is 0.416 e. The van der Waals surface area contributed by atoms with Gasteiger partial charge in [-0.05, 0) is 108 Å². The Morgan fingerprint density at radius 3 is 0.651 bits per heavy atom. The maximum atomic E-state index is 15.3. The average Bonchev–Trinajstić information content (AvgIpc) is 3.68. The van der Waals surface area contributed by atoms with E-state index < -0.39 is 75.9 Å². The van der Waals surface area contributed by atoms with E-state index in [4.69, 9.17) is 0 Å². The predicted molar refractivity (Wildman–Crippen MR) is 194 cm³/mol. The number of rotatable bonds is 4. The molecule has 0 aliphatic rings. The second kappa shape index (κ2) is 13.8. The first kappa shape index (κ1) is 43.3. The number of aromatic nitrogens is 2.